The van der Waals surface area contributed by atoms with Crippen molar-refractivity contribution in [1.29, 1.82) is 0 Å². The predicted molar refractivity (Wildman–Crippen MR) is 117 cm³/mol. The van der Waals surface area contributed by atoms with Crippen molar-refractivity contribution in [3.8, 4) is 11.1 Å². The van der Waals surface area contributed by atoms with Gasteiger partial charge in [0.1, 0.15) is 0 Å². The van der Waals surface area contributed by atoms with Crippen molar-refractivity contribution in [2.75, 3.05) is 0 Å². The van der Waals surface area contributed by atoms with Gasteiger partial charge in [-0.2, -0.15) is 0 Å². The van der Waals surface area contributed by atoms with Gasteiger partial charge < -0.3 is 4.57 Å². The van der Waals surface area contributed by atoms with Crippen molar-refractivity contribution in [2.24, 2.45) is 0 Å². The van der Waals surface area contributed by atoms with Gasteiger partial charge in [0, 0.05) is 49.9 Å². The van der Waals surface area contributed by atoms with E-state index in [-0.39, 0.29) is 0 Å². The summed E-state index contributed by atoms with van der Waals surface area (Å²) in [6, 6.07) is 14.4. The number of aromatic nitrogens is 2. The lowest BCUT2D eigenvalue weighted by Crippen LogP contribution is -2.06. The van der Waals surface area contributed by atoms with Crippen molar-refractivity contribution < 1.29 is 0 Å². The Kier molecular flexibility index (Phi) is 4.88. The van der Waals surface area contributed by atoms with E-state index in [0.29, 0.717) is 16.1 Å². The first kappa shape index (κ1) is 18.3. The standard InChI is InChI=1S/C23H21Cl2N2/c1-4-16(5-2)27-12-11-17-14(3)26-22-19(7-6-8-20(22)23(17)27)18-10-9-15(24)13-21(18)25/h6-13,16H,1,4-5H2,2-3H3. The van der Waals surface area contributed by atoms with Gasteiger partial charge in [0.25, 0.3) is 0 Å². The molecule has 0 spiro atoms. The summed E-state index contributed by atoms with van der Waals surface area (Å²) in [6.45, 7) is 8.41. The SMILES string of the molecule is [CH2]CC(CC)n1ccc2c(C)nc3c(-c4ccc(Cl)cc4Cl)cccc3c21. The minimum absolute atomic E-state index is 0.371. The quantitative estimate of drug-likeness (QED) is 0.346. The molecule has 2 aromatic carbocycles. The summed E-state index contributed by atoms with van der Waals surface area (Å²) in [5, 5.41) is 3.59. The zero-order valence-electron chi connectivity index (χ0n) is 15.5. The van der Waals surface area contributed by atoms with Crippen LogP contribution in [0.1, 0.15) is 31.5 Å². The third kappa shape index (κ3) is 3.01. The van der Waals surface area contributed by atoms with Gasteiger partial charge in [-0.15, -0.1) is 0 Å². The normalized spacial score (nSPS) is 11.8. The van der Waals surface area contributed by atoms with Crippen molar-refractivity contribution >= 4 is 45.0 Å². The van der Waals surface area contributed by atoms with Gasteiger partial charge in [-0.05, 0) is 38.0 Å². The number of para-hydroxylation sites is 1. The molecule has 0 amide bonds. The number of aryl methyl sites for hydroxylation is 1. The summed E-state index contributed by atoms with van der Waals surface area (Å²) in [5.74, 6) is 0. The van der Waals surface area contributed by atoms with Crippen LogP contribution in [-0.2, 0) is 0 Å². The molecule has 4 rings (SSSR count). The van der Waals surface area contributed by atoms with Crippen LogP contribution in [0.3, 0.4) is 0 Å². The van der Waals surface area contributed by atoms with E-state index in [4.69, 9.17) is 28.2 Å². The summed E-state index contributed by atoms with van der Waals surface area (Å²) in [7, 11) is 0. The molecule has 2 nitrogen and oxygen atoms in total. The molecule has 0 aliphatic rings. The molecular formula is C23H21Cl2N2. The number of hydrogen-bond donors (Lipinski definition) is 0. The molecule has 4 aromatic rings. The van der Waals surface area contributed by atoms with Crippen molar-refractivity contribution in [3.63, 3.8) is 0 Å². The van der Waals surface area contributed by atoms with Gasteiger partial charge in [0.2, 0.25) is 0 Å². The molecule has 0 aliphatic carbocycles. The van der Waals surface area contributed by atoms with Gasteiger partial charge in [-0.1, -0.05) is 61.3 Å². The second-order valence-electron chi connectivity index (χ2n) is 6.86. The second-order valence-corrected chi connectivity index (χ2v) is 7.70. The highest BCUT2D eigenvalue weighted by molar-refractivity contribution is 6.36. The highest BCUT2D eigenvalue weighted by Gasteiger charge is 2.17. The summed E-state index contributed by atoms with van der Waals surface area (Å²) in [5.41, 5.74) is 5.17. The van der Waals surface area contributed by atoms with E-state index >= 15 is 0 Å². The van der Waals surface area contributed by atoms with Crippen LogP contribution in [0.4, 0.5) is 0 Å². The molecule has 1 atom stereocenters. The van der Waals surface area contributed by atoms with Gasteiger partial charge >= 0.3 is 0 Å². The maximum absolute atomic E-state index is 6.50. The maximum atomic E-state index is 6.50. The topological polar surface area (TPSA) is 17.8 Å². The highest BCUT2D eigenvalue weighted by atomic mass is 35.5. The smallest absolute Gasteiger partial charge is 0.0805 e. The Hall–Kier alpha value is -2.03. The number of fused-ring (bicyclic) bond motifs is 3. The Bertz CT molecular complexity index is 1140. The van der Waals surface area contributed by atoms with E-state index in [9.17, 15) is 0 Å². The molecule has 0 bridgehead atoms. The van der Waals surface area contributed by atoms with Crippen molar-refractivity contribution in [3.05, 3.63) is 71.3 Å². The zero-order chi connectivity index (χ0) is 19.1. The molecule has 0 saturated heterocycles. The molecule has 137 valence electrons. The lowest BCUT2D eigenvalue weighted by Gasteiger charge is -2.18. The average molecular weight is 396 g/mol. The van der Waals surface area contributed by atoms with E-state index in [0.717, 1.165) is 40.6 Å². The third-order valence-corrected chi connectivity index (χ3v) is 5.84. The molecule has 0 saturated carbocycles. The molecule has 1 unspecified atom stereocenters. The number of halogens is 2. The first-order valence-electron chi connectivity index (χ1n) is 9.19. The fourth-order valence-corrected chi connectivity index (χ4v) is 4.39. The molecule has 0 aliphatic heterocycles. The first-order valence-corrected chi connectivity index (χ1v) is 9.95. The number of pyridine rings is 1. The second kappa shape index (κ2) is 7.18. The van der Waals surface area contributed by atoms with Gasteiger partial charge in [-0.25, -0.2) is 0 Å². The molecule has 0 fully saturated rings. The maximum Gasteiger partial charge on any atom is 0.0805 e. The molecule has 27 heavy (non-hydrogen) atoms. The van der Waals surface area contributed by atoms with E-state index in [1.165, 1.54) is 10.9 Å². The highest BCUT2D eigenvalue weighted by Crippen LogP contribution is 2.38. The van der Waals surface area contributed by atoms with Gasteiger partial charge in [0.15, 0.2) is 0 Å². The fourth-order valence-electron chi connectivity index (χ4n) is 3.88. The molecule has 1 radical (unpaired) electrons. The number of rotatable bonds is 4. The van der Waals surface area contributed by atoms with E-state index in [2.05, 4.69) is 55.8 Å². The number of benzene rings is 2. The summed E-state index contributed by atoms with van der Waals surface area (Å²) >= 11 is 12.6. The monoisotopic (exact) mass is 395 g/mol. The Balaban J connectivity index is 2.08. The van der Waals surface area contributed by atoms with Crippen LogP contribution in [0.2, 0.25) is 10.0 Å². The fraction of sp³-hybridized carbons (Fsp3) is 0.217. The van der Waals surface area contributed by atoms with Gasteiger partial charge in [0.05, 0.1) is 11.0 Å². The minimum atomic E-state index is 0.371. The van der Waals surface area contributed by atoms with Crippen LogP contribution >= 0.6 is 23.2 Å². The number of nitrogens with zero attached hydrogens (tertiary/aromatic N) is 2. The largest absolute Gasteiger partial charge is 0.344 e. The zero-order valence-corrected chi connectivity index (χ0v) is 17.0. The molecule has 2 heterocycles. The van der Waals surface area contributed by atoms with Crippen LogP contribution in [0.25, 0.3) is 32.9 Å². The first-order chi connectivity index (χ1) is 13.0. The Morgan fingerprint density at radius 3 is 2.59 bits per heavy atom. The molecule has 2 aromatic heterocycles. The summed E-state index contributed by atoms with van der Waals surface area (Å²) in [6.07, 6.45) is 4.06. The Morgan fingerprint density at radius 1 is 1.07 bits per heavy atom. The van der Waals surface area contributed by atoms with E-state index in [1.54, 1.807) is 6.07 Å². The van der Waals surface area contributed by atoms with E-state index < -0.39 is 0 Å². The predicted octanol–water partition coefficient (Wildman–Crippen LogP) is 7.65. The molecule has 4 heteroatoms. The van der Waals surface area contributed by atoms with Crippen LogP contribution in [0.5, 0.6) is 0 Å². The summed E-state index contributed by atoms with van der Waals surface area (Å²) in [4.78, 5) is 4.95. The van der Waals surface area contributed by atoms with Crippen LogP contribution in [-0.4, -0.2) is 9.55 Å². The minimum Gasteiger partial charge on any atom is -0.344 e. The lowest BCUT2D eigenvalue weighted by molar-refractivity contribution is 0.506. The number of hydrogen-bond acceptors (Lipinski definition) is 1. The van der Waals surface area contributed by atoms with Crippen LogP contribution < -0.4 is 0 Å². The van der Waals surface area contributed by atoms with E-state index in [1.807, 2.05) is 12.1 Å². The van der Waals surface area contributed by atoms with Crippen molar-refractivity contribution in [1.82, 2.24) is 9.55 Å². The van der Waals surface area contributed by atoms with Crippen LogP contribution in [0.15, 0.2) is 48.7 Å². The lowest BCUT2D eigenvalue weighted by atomic mass is 10.00. The van der Waals surface area contributed by atoms with Crippen LogP contribution in [0, 0.1) is 13.8 Å². The average Bonchev–Trinajstić information content (AvgIpc) is 3.09. The Morgan fingerprint density at radius 2 is 1.89 bits per heavy atom. The van der Waals surface area contributed by atoms with Crippen molar-refractivity contribution in [2.45, 2.75) is 32.7 Å². The third-order valence-electron chi connectivity index (χ3n) is 5.29. The summed E-state index contributed by atoms with van der Waals surface area (Å²) < 4.78 is 2.35. The molecular weight excluding hydrogens is 375 g/mol. The molecule has 0 N–H and O–H groups in total. The van der Waals surface area contributed by atoms with Gasteiger partial charge in [-0.3, -0.25) is 4.98 Å². The Labute approximate surface area is 169 Å².